The second-order valence-electron chi connectivity index (χ2n) is 6.62. The Labute approximate surface area is 153 Å². The first-order valence-corrected chi connectivity index (χ1v) is 8.89. The van der Waals surface area contributed by atoms with Crippen LogP contribution in [-0.2, 0) is 19.6 Å². The SMILES string of the molecule is O[C@H]1Cc2ccccc2[C@H]1NCc1ccc(OCc2ccncc2)cc1. The smallest absolute Gasteiger partial charge is 0.119 e. The maximum atomic E-state index is 10.3. The number of fused-ring (bicyclic) bond motifs is 1. The topological polar surface area (TPSA) is 54.4 Å². The highest BCUT2D eigenvalue weighted by Crippen LogP contribution is 2.31. The molecule has 2 aromatic carbocycles. The van der Waals surface area contributed by atoms with Crippen LogP contribution in [0.1, 0.15) is 28.3 Å². The van der Waals surface area contributed by atoms with Gasteiger partial charge < -0.3 is 15.2 Å². The molecule has 0 saturated carbocycles. The molecule has 132 valence electrons. The molecule has 1 aromatic heterocycles. The molecule has 0 amide bonds. The van der Waals surface area contributed by atoms with Crippen LogP contribution >= 0.6 is 0 Å². The van der Waals surface area contributed by atoms with Crippen molar-refractivity contribution in [3.8, 4) is 5.75 Å². The number of pyridine rings is 1. The molecule has 0 saturated heterocycles. The van der Waals surface area contributed by atoms with E-state index in [1.807, 2.05) is 36.4 Å². The maximum Gasteiger partial charge on any atom is 0.119 e. The standard InChI is InChI=1S/C22H22N2O2/c25-21-13-18-3-1-2-4-20(18)22(21)24-14-16-5-7-19(8-6-16)26-15-17-9-11-23-12-10-17/h1-12,21-22,24-25H,13-15H2/t21-,22+/m0/s1. The fourth-order valence-electron chi connectivity index (χ4n) is 3.40. The van der Waals surface area contributed by atoms with Crippen LogP contribution < -0.4 is 10.1 Å². The van der Waals surface area contributed by atoms with E-state index in [0.29, 0.717) is 13.2 Å². The minimum atomic E-state index is -0.365. The third-order valence-electron chi connectivity index (χ3n) is 4.81. The number of ether oxygens (including phenoxy) is 1. The molecule has 26 heavy (non-hydrogen) atoms. The molecule has 0 spiro atoms. The highest BCUT2D eigenvalue weighted by molar-refractivity contribution is 5.36. The zero-order valence-corrected chi connectivity index (χ0v) is 14.5. The maximum absolute atomic E-state index is 10.3. The van der Waals surface area contributed by atoms with Gasteiger partial charge >= 0.3 is 0 Å². The molecule has 3 aromatic rings. The van der Waals surface area contributed by atoms with E-state index in [0.717, 1.165) is 23.3 Å². The molecule has 4 heteroatoms. The van der Waals surface area contributed by atoms with E-state index in [4.69, 9.17) is 4.74 Å². The predicted octanol–water partition coefficient (Wildman–Crippen LogP) is 3.41. The van der Waals surface area contributed by atoms with Crippen molar-refractivity contribution in [2.45, 2.75) is 31.7 Å². The summed E-state index contributed by atoms with van der Waals surface area (Å²) >= 11 is 0. The third-order valence-corrected chi connectivity index (χ3v) is 4.81. The lowest BCUT2D eigenvalue weighted by molar-refractivity contribution is 0.140. The number of hydrogen-bond donors (Lipinski definition) is 2. The van der Waals surface area contributed by atoms with Crippen molar-refractivity contribution in [1.29, 1.82) is 0 Å². The van der Waals surface area contributed by atoms with Crippen LogP contribution in [0.3, 0.4) is 0 Å². The van der Waals surface area contributed by atoms with E-state index in [-0.39, 0.29) is 12.1 Å². The summed E-state index contributed by atoms with van der Waals surface area (Å²) < 4.78 is 5.80. The van der Waals surface area contributed by atoms with Crippen molar-refractivity contribution < 1.29 is 9.84 Å². The van der Waals surface area contributed by atoms with Crippen molar-refractivity contribution in [1.82, 2.24) is 10.3 Å². The molecule has 1 aliphatic carbocycles. The van der Waals surface area contributed by atoms with Gasteiger partial charge in [0.2, 0.25) is 0 Å². The van der Waals surface area contributed by atoms with Gasteiger partial charge in [0, 0.05) is 25.4 Å². The number of nitrogens with one attached hydrogen (secondary N) is 1. The molecule has 0 fully saturated rings. The summed E-state index contributed by atoms with van der Waals surface area (Å²) in [6, 6.07) is 20.2. The zero-order chi connectivity index (χ0) is 17.8. The van der Waals surface area contributed by atoms with Crippen LogP contribution in [0.15, 0.2) is 73.1 Å². The minimum Gasteiger partial charge on any atom is -0.489 e. The third kappa shape index (κ3) is 3.77. The molecular weight excluding hydrogens is 324 g/mol. The van der Waals surface area contributed by atoms with Gasteiger partial charge in [-0.1, -0.05) is 36.4 Å². The lowest BCUT2D eigenvalue weighted by Crippen LogP contribution is -2.28. The van der Waals surface area contributed by atoms with Crippen LogP contribution in [-0.4, -0.2) is 16.2 Å². The number of nitrogens with zero attached hydrogens (tertiary/aromatic N) is 1. The van der Waals surface area contributed by atoms with E-state index < -0.39 is 0 Å². The molecule has 1 heterocycles. The summed E-state index contributed by atoms with van der Waals surface area (Å²) in [5.74, 6) is 0.844. The Hall–Kier alpha value is -2.69. The average Bonchev–Trinajstić information content (AvgIpc) is 3.01. The summed E-state index contributed by atoms with van der Waals surface area (Å²) in [5.41, 5.74) is 4.70. The monoisotopic (exact) mass is 346 g/mol. The number of hydrogen-bond acceptors (Lipinski definition) is 4. The number of aromatic nitrogens is 1. The molecule has 1 aliphatic rings. The van der Waals surface area contributed by atoms with Crippen LogP contribution in [0, 0.1) is 0 Å². The Kier molecular flexibility index (Phi) is 4.95. The van der Waals surface area contributed by atoms with Gasteiger partial charge in [-0.2, -0.15) is 0 Å². The zero-order valence-electron chi connectivity index (χ0n) is 14.5. The molecule has 2 N–H and O–H groups in total. The Bertz CT molecular complexity index is 850. The van der Waals surface area contributed by atoms with Crippen LogP contribution in [0.2, 0.25) is 0 Å². The van der Waals surface area contributed by atoms with Gasteiger partial charge in [-0.3, -0.25) is 4.98 Å². The van der Waals surface area contributed by atoms with Crippen molar-refractivity contribution in [2.24, 2.45) is 0 Å². The first-order valence-electron chi connectivity index (χ1n) is 8.89. The fourth-order valence-corrected chi connectivity index (χ4v) is 3.40. The van der Waals surface area contributed by atoms with E-state index in [1.165, 1.54) is 11.1 Å². The summed E-state index contributed by atoms with van der Waals surface area (Å²) in [6.45, 7) is 1.24. The number of aliphatic hydroxyl groups is 1. The lowest BCUT2D eigenvalue weighted by atomic mass is 10.1. The van der Waals surface area contributed by atoms with Crippen LogP contribution in [0.25, 0.3) is 0 Å². The normalized spacial score (nSPS) is 18.5. The van der Waals surface area contributed by atoms with Gasteiger partial charge in [0.15, 0.2) is 0 Å². The van der Waals surface area contributed by atoms with Crippen molar-refractivity contribution in [3.63, 3.8) is 0 Å². The average molecular weight is 346 g/mol. The number of benzene rings is 2. The summed E-state index contributed by atoms with van der Waals surface area (Å²) in [6.07, 6.45) is 3.89. The van der Waals surface area contributed by atoms with E-state index >= 15 is 0 Å². The highest BCUT2D eigenvalue weighted by Gasteiger charge is 2.29. The first-order chi connectivity index (χ1) is 12.8. The van der Waals surface area contributed by atoms with Gasteiger partial charge in [0.25, 0.3) is 0 Å². The van der Waals surface area contributed by atoms with E-state index in [2.05, 4.69) is 34.6 Å². The largest absolute Gasteiger partial charge is 0.489 e. The molecule has 2 atom stereocenters. The summed E-state index contributed by atoms with van der Waals surface area (Å²) in [7, 11) is 0. The molecule has 0 bridgehead atoms. The second kappa shape index (κ2) is 7.68. The molecule has 0 radical (unpaired) electrons. The summed E-state index contributed by atoms with van der Waals surface area (Å²) in [4.78, 5) is 4.00. The predicted molar refractivity (Wildman–Crippen MR) is 101 cm³/mol. The Morgan fingerprint density at radius 1 is 0.962 bits per heavy atom. The van der Waals surface area contributed by atoms with E-state index in [9.17, 15) is 5.11 Å². The van der Waals surface area contributed by atoms with Crippen molar-refractivity contribution >= 4 is 0 Å². The van der Waals surface area contributed by atoms with Gasteiger partial charge in [-0.05, 0) is 46.5 Å². The second-order valence-corrected chi connectivity index (χ2v) is 6.62. The van der Waals surface area contributed by atoms with Crippen molar-refractivity contribution in [2.75, 3.05) is 0 Å². The van der Waals surface area contributed by atoms with Gasteiger partial charge in [0.05, 0.1) is 12.1 Å². The first kappa shape index (κ1) is 16.8. The summed E-state index contributed by atoms with van der Waals surface area (Å²) in [5, 5.41) is 13.8. The van der Waals surface area contributed by atoms with Gasteiger partial charge in [-0.25, -0.2) is 0 Å². The Morgan fingerprint density at radius 3 is 2.54 bits per heavy atom. The Morgan fingerprint density at radius 2 is 1.73 bits per heavy atom. The lowest BCUT2D eigenvalue weighted by Gasteiger charge is -2.18. The van der Waals surface area contributed by atoms with Crippen LogP contribution in [0.5, 0.6) is 5.75 Å². The van der Waals surface area contributed by atoms with Crippen molar-refractivity contribution in [3.05, 3.63) is 95.3 Å². The molecule has 4 nitrogen and oxygen atoms in total. The Balaban J connectivity index is 1.33. The van der Waals surface area contributed by atoms with E-state index in [1.54, 1.807) is 12.4 Å². The van der Waals surface area contributed by atoms with Crippen LogP contribution in [0.4, 0.5) is 0 Å². The number of rotatable bonds is 6. The molecule has 4 rings (SSSR count). The van der Waals surface area contributed by atoms with Gasteiger partial charge in [-0.15, -0.1) is 0 Å². The molecule has 0 unspecified atom stereocenters. The molecule has 0 aliphatic heterocycles. The van der Waals surface area contributed by atoms with Gasteiger partial charge in [0.1, 0.15) is 12.4 Å². The number of aliphatic hydroxyl groups excluding tert-OH is 1. The fraction of sp³-hybridized carbons (Fsp3) is 0.227. The highest BCUT2D eigenvalue weighted by atomic mass is 16.5. The molecular formula is C22H22N2O2. The quantitative estimate of drug-likeness (QED) is 0.718. The minimum absolute atomic E-state index is 0.00573.